The molecule has 0 saturated carbocycles. The molecule has 8 aromatic carbocycles. The van der Waals surface area contributed by atoms with Crippen molar-refractivity contribution in [2.24, 2.45) is 0 Å². The van der Waals surface area contributed by atoms with E-state index in [1.54, 1.807) is 0 Å². The summed E-state index contributed by atoms with van der Waals surface area (Å²) in [6.07, 6.45) is 2.38. The average molecular weight is 695 g/mol. The molecule has 1 aliphatic rings. The second-order valence-corrected chi connectivity index (χ2v) is 16.8. The Bertz CT molecular complexity index is 3130. The minimum atomic E-state index is 0.115. The van der Waals surface area contributed by atoms with Gasteiger partial charge in [-0.3, -0.25) is 0 Å². The Morgan fingerprint density at radius 1 is 0.389 bits per heavy atom. The Hall–Kier alpha value is -6.12. The summed E-state index contributed by atoms with van der Waals surface area (Å²) in [7, 11) is 0. The summed E-state index contributed by atoms with van der Waals surface area (Å²) in [5, 5.41) is 10.3. The molecule has 0 atom stereocenters. The number of fused-ring (bicyclic) bond motifs is 10. The van der Waals surface area contributed by atoms with Crippen molar-refractivity contribution in [3.63, 3.8) is 0 Å². The van der Waals surface area contributed by atoms with Crippen LogP contribution in [0.15, 0.2) is 158 Å². The molecule has 0 bridgehead atoms. The monoisotopic (exact) mass is 694 g/mol. The summed E-state index contributed by atoms with van der Waals surface area (Å²) in [5.74, 6) is 0. The van der Waals surface area contributed by atoms with E-state index in [-0.39, 0.29) is 10.8 Å². The van der Waals surface area contributed by atoms with E-state index in [4.69, 9.17) is 0 Å². The molecule has 0 radical (unpaired) electrons. The molecule has 0 N–H and O–H groups in total. The van der Waals surface area contributed by atoms with Crippen LogP contribution in [0.2, 0.25) is 0 Å². The molecular weight excluding hydrogens is 653 g/mol. The highest BCUT2D eigenvalue weighted by atomic mass is 15.0. The maximum atomic E-state index is 2.56. The summed E-state index contributed by atoms with van der Waals surface area (Å²) < 4.78 is 5.02. The first-order valence-electron chi connectivity index (χ1n) is 19.4. The lowest BCUT2D eigenvalue weighted by Gasteiger charge is -2.42. The average Bonchev–Trinajstić information content (AvgIpc) is 3.70. The Labute approximate surface area is 315 Å². The molecule has 11 rings (SSSR count). The van der Waals surface area contributed by atoms with Crippen LogP contribution in [0.5, 0.6) is 0 Å². The zero-order chi connectivity index (χ0) is 36.3. The molecule has 1 aliphatic carbocycles. The van der Waals surface area contributed by atoms with E-state index in [0.717, 1.165) is 0 Å². The fourth-order valence-corrected chi connectivity index (χ4v) is 9.76. The first kappa shape index (κ1) is 31.4. The van der Waals surface area contributed by atoms with Crippen LogP contribution in [-0.2, 0) is 10.8 Å². The Morgan fingerprint density at radius 3 is 1.69 bits per heavy atom. The molecule has 2 aromatic heterocycles. The number of nitrogens with zero attached hydrogens (tertiary/aromatic N) is 2. The van der Waals surface area contributed by atoms with Gasteiger partial charge in [-0.15, -0.1) is 0 Å². The highest BCUT2D eigenvalue weighted by Crippen LogP contribution is 2.49. The standard InChI is InChI=1S/C52H42N2/c1-51(2)27-28-52(3,4)45-32-49-41(29-44(45)51)42-30-48-43(31-47(42)54(49)36-16-6-5-7-17-36)50-40-19-11-9-14-34(40)23-26-46(50)53(48)37-24-21-35(22-25-37)39-20-12-15-33-13-8-10-18-38(33)39/h5-26,29-32H,27-28H2,1-4H3. The van der Waals surface area contributed by atoms with Gasteiger partial charge in [0.15, 0.2) is 0 Å². The van der Waals surface area contributed by atoms with Crippen molar-refractivity contribution in [2.75, 3.05) is 0 Å². The minimum absolute atomic E-state index is 0.115. The van der Waals surface area contributed by atoms with Crippen molar-refractivity contribution in [1.29, 1.82) is 0 Å². The summed E-state index contributed by atoms with van der Waals surface area (Å²) >= 11 is 0. The SMILES string of the molecule is CC1(C)CCC(C)(C)c2cc3c(cc21)c1cc2c(cc1n3-c1ccccc1)c1c3ccccc3ccc1n2-c1ccc(-c2cccc3ccccc23)cc1. The van der Waals surface area contributed by atoms with Crippen molar-refractivity contribution >= 4 is 65.2 Å². The lowest BCUT2D eigenvalue weighted by atomic mass is 9.63. The van der Waals surface area contributed by atoms with Gasteiger partial charge in [-0.1, -0.05) is 131 Å². The quantitative estimate of drug-likeness (QED) is 0.174. The third-order valence-electron chi connectivity index (χ3n) is 12.8. The predicted molar refractivity (Wildman–Crippen MR) is 231 cm³/mol. The maximum Gasteiger partial charge on any atom is 0.0549 e. The first-order valence-corrected chi connectivity index (χ1v) is 19.4. The third kappa shape index (κ3) is 4.46. The molecule has 2 heterocycles. The maximum absolute atomic E-state index is 2.56. The van der Waals surface area contributed by atoms with E-state index in [1.807, 2.05) is 0 Å². The van der Waals surface area contributed by atoms with Crippen LogP contribution in [0.4, 0.5) is 0 Å². The molecule has 0 fully saturated rings. The molecule has 0 unspecified atom stereocenters. The summed E-state index contributed by atoms with van der Waals surface area (Å²) in [4.78, 5) is 0. The fourth-order valence-electron chi connectivity index (χ4n) is 9.76. The number of hydrogen-bond donors (Lipinski definition) is 0. The van der Waals surface area contributed by atoms with Crippen LogP contribution >= 0.6 is 0 Å². The largest absolute Gasteiger partial charge is 0.309 e. The van der Waals surface area contributed by atoms with Crippen LogP contribution in [0, 0.1) is 0 Å². The van der Waals surface area contributed by atoms with Gasteiger partial charge >= 0.3 is 0 Å². The second kappa shape index (κ2) is 11.2. The Balaban J connectivity index is 1.25. The molecule has 2 heteroatoms. The van der Waals surface area contributed by atoms with Crippen molar-refractivity contribution < 1.29 is 0 Å². The molecule has 0 amide bonds. The zero-order valence-electron chi connectivity index (χ0n) is 31.3. The van der Waals surface area contributed by atoms with Crippen molar-refractivity contribution in [2.45, 2.75) is 51.4 Å². The highest BCUT2D eigenvalue weighted by Gasteiger charge is 2.38. The molecule has 260 valence electrons. The van der Waals surface area contributed by atoms with E-state index < -0.39 is 0 Å². The fraction of sp³-hybridized carbons (Fsp3) is 0.154. The molecular formula is C52H42N2. The summed E-state index contributed by atoms with van der Waals surface area (Å²) in [5.41, 5.74) is 13.1. The Morgan fingerprint density at radius 2 is 0.926 bits per heavy atom. The second-order valence-electron chi connectivity index (χ2n) is 16.8. The number of hydrogen-bond acceptors (Lipinski definition) is 0. The van der Waals surface area contributed by atoms with Gasteiger partial charge in [-0.05, 0) is 122 Å². The lowest BCUT2D eigenvalue weighted by Crippen LogP contribution is -2.33. The van der Waals surface area contributed by atoms with Crippen molar-refractivity contribution in [3.8, 4) is 22.5 Å². The molecule has 0 saturated heterocycles. The number of para-hydroxylation sites is 1. The topological polar surface area (TPSA) is 9.86 Å². The molecule has 10 aromatic rings. The minimum Gasteiger partial charge on any atom is -0.309 e. The van der Waals surface area contributed by atoms with Gasteiger partial charge in [0.05, 0.1) is 22.1 Å². The van der Waals surface area contributed by atoms with Gasteiger partial charge < -0.3 is 9.13 Å². The third-order valence-corrected chi connectivity index (χ3v) is 12.8. The van der Waals surface area contributed by atoms with Crippen LogP contribution in [0.1, 0.15) is 51.7 Å². The van der Waals surface area contributed by atoms with Gasteiger partial charge in [-0.2, -0.15) is 0 Å². The number of aromatic nitrogens is 2. The highest BCUT2D eigenvalue weighted by molar-refractivity contribution is 6.25. The normalized spacial score (nSPS) is 15.2. The zero-order valence-corrected chi connectivity index (χ0v) is 31.3. The van der Waals surface area contributed by atoms with E-state index in [1.165, 1.54) is 112 Å². The molecule has 0 aliphatic heterocycles. The van der Waals surface area contributed by atoms with E-state index in [2.05, 4.69) is 195 Å². The smallest absolute Gasteiger partial charge is 0.0549 e. The van der Waals surface area contributed by atoms with Crippen LogP contribution in [0.25, 0.3) is 87.7 Å². The predicted octanol–water partition coefficient (Wildman–Crippen LogP) is 14.2. The molecule has 2 nitrogen and oxygen atoms in total. The molecule has 0 spiro atoms. The van der Waals surface area contributed by atoms with E-state index in [0.29, 0.717) is 0 Å². The van der Waals surface area contributed by atoms with Gasteiger partial charge in [0.25, 0.3) is 0 Å². The Kier molecular flexibility index (Phi) is 6.51. The van der Waals surface area contributed by atoms with Gasteiger partial charge in [0, 0.05) is 32.9 Å². The summed E-state index contributed by atoms with van der Waals surface area (Å²) in [6.45, 7) is 9.74. The van der Waals surface area contributed by atoms with Crippen molar-refractivity contribution in [1.82, 2.24) is 9.13 Å². The first-order chi connectivity index (χ1) is 26.3. The van der Waals surface area contributed by atoms with Crippen LogP contribution in [0.3, 0.4) is 0 Å². The van der Waals surface area contributed by atoms with Gasteiger partial charge in [-0.25, -0.2) is 0 Å². The number of rotatable bonds is 3. The van der Waals surface area contributed by atoms with E-state index in [9.17, 15) is 0 Å². The number of benzene rings is 8. The summed E-state index contributed by atoms with van der Waals surface area (Å²) in [6, 6.07) is 59.0. The lowest BCUT2D eigenvalue weighted by molar-refractivity contribution is 0.332. The van der Waals surface area contributed by atoms with Gasteiger partial charge in [0.1, 0.15) is 0 Å². The van der Waals surface area contributed by atoms with Gasteiger partial charge in [0.2, 0.25) is 0 Å². The van der Waals surface area contributed by atoms with Crippen molar-refractivity contribution in [3.05, 3.63) is 169 Å². The van der Waals surface area contributed by atoms with Crippen LogP contribution < -0.4 is 0 Å². The molecule has 54 heavy (non-hydrogen) atoms. The van der Waals surface area contributed by atoms with Crippen LogP contribution in [-0.4, -0.2) is 9.13 Å². The van der Waals surface area contributed by atoms with E-state index >= 15 is 0 Å².